The molecule has 0 spiro atoms. The van der Waals surface area contributed by atoms with Crippen molar-refractivity contribution in [2.24, 2.45) is 0 Å². The second kappa shape index (κ2) is 4.43. The Labute approximate surface area is 113 Å². The van der Waals surface area contributed by atoms with E-state index in [1.54, 1.807) is 0 Å². The Bertz CT molecular complexity index is 748. The van der Waals surface area contributed by atoms with E-state index in [0.29, 0.717) is 0 Å². The molecule has 0 aliphatic heterocycles. The summed E-state index contributed by atoms with van der Waals surface area (Å²) in [5.41, 5.74) is 6.27. The van der Waals surface area contributed by atoms with E-state index in [0.717, 1.165) is 0 Å². The highest BCUT2D eigenvalue weighted by atomic mass is 15.0. The van der Waals surface area contributed by atoms with Crippen molar-refractivity contribution < 1.29 is 0 Å². The molecule has 1 heterocycles. The molecule has 1 nitrogen and oxygen atoms in total. The summed E-state index contributed by atoms with van der Waals surface area (Å²) >= 11 is 0. The van der Waals surface area contributed by atoms with Gasteiger partial charge in [-0.05, 0) is 49.2 Å². The molecule has 0 saturated heterocycles. The average molecular weight is 247 g/mol. The Morgan fingerprint density at radius 1 is 1.00 bits per heavy atom. The van der Waals surface area contributed by atoms with Gasteiger partial charge in [0, 0.05) is 16.8 Å². The van der Waals surface area contributed by atoms with Crippen LogP contribution in [0.2, 0.25) is 0 Å². The zero-order valence-electron chi connectivity index (χ0n) is 11.4. The fourth-order valence-corrected chi connectivity index (χ4v) is 2.63. The van der Waals surface area contributed by atoms with Crippen LogP contribution in [0.3, 0.4) is 0 Å². The third kappa shape index (κ3) is 1.78. The van der Waals surface area contributed by atoms with E-state index in [9.17, 15) is 0 Å². The molecule has 0 aliphatic rings. The number of aryl methyl sites for hydroxylation is 1. The molecule has 0 saturated carbocycles. The number of benzene rings is 2. The van der Waals surface area contributed by atoms with Gasteiger partial charge in [0.15, 0.2) is 0 Å². The van der Waals surface area contributed by atoms with Crippen molar-refractivity contribution in [3.8, 4) is 5.69 Å². The monoisotopic (exact) mass is 247 g/mol. The Kier molecular flexibility index (Phi) is 2.75. The molecule has 0 fully saturated rings. The zero-order valence-corrected chi connectivity index (χ0v) is 11.4. The van der Waals surface area contributed by atoms with Crippen LogP contribution in [0.1, 0.15) is 16.8 Å². The number of para-hydroxylation sites is 1. The van der Waals surface area contributed by atoms with Crippen molar-refractivity contribution in [1.82, 2.24) is 4.57 Å². The molecule has 0 atom stereocenters. The summed E-state index contributed by atoms with van der Waals surface area (Å²) in [5.74, 6) is 0. The van der Waals surface area contributed by atoms with E-state index in [2.05, 4.69) is 67.5 Å². The summed E-state index contributed by atoms with van der Waals surface area (Å²) in [4.78, 5) is 0. The van der Waals surface area contributed by atoms with Crippen LogP contribution in [0.15, 0.2) is 55.1 Å². The minimum Gasteiger partial charge on any atom is -0.314 e. The van der Waals surface area contributed by atoms with Crippen molar-refractivity contribution in [1.29, 1.82) is 0 Å². The maximum atomic E-state index is 3.85. The highest BCUT2D eigenvalue weighted by molar-refractivity contribution is 5.88. The predicted octanol–water partition coefficient (Wildman–Crippen LogP) is 4.89. The first-order valence-corrected chi connectivity index (χ1v) is 6.52. The molecule has 0 bridgehead atoms. The topological polar surface area (TPSA) is 4.93 Å². The van der Waals surface area contributed by atoms with E-state index >= 15 is 0 Å². The average Bonchev–Trinajstić information content (AvgIpc) is 2.71. The lowest BCUT2D eigenvalue weighted by molar-refractivity contribution is 1.04. The summed E-state index contributed by atoms with van der Waals surface area (Å²) in [5, 5.41) is 1.30. The quantitative estimate of drug-likeness (QED) is 0.607. The van der Waals surface area contributed by atoms with Gasteiger partial charge >= 0.3 is 0 Å². The normalized spacial score (nSPS) is 10.8. The van der Waals surface area contributed by atoms with Gasteiger partial charge in [-0.2, -0.15) is 0 Å². The summed E-state index contributed by atoms with van der Waals surface area (Å²) in [6.07, 6.45) is 1.90. The van der Waals surface area contributed by atoms with Gasteiger partial charge in [-0.15, -0.1) is 0 Å². The Morgan fingerprint density at radius 2 is 1.74 bits per heavy atom. The number of fused-ring (bicyclic) bond motifs is 1. The predicted molar refractivity (Wildman–Crippen MR) is 82.8 cm³/mol. The minimum absolute atomic E-state index is 1.17. The van der Waals surface area contributed by atoms with Gasteiger partial charge in [0.25, 0.3) is 0 Å². The first-order chi connectivity index (χ1) is 9.22. The maximum absolute atomic E-state index is 3.85. The molecule has 1 heteroatoms. The Morgan fingerprint density at radius 3 is 2.42 bits per heavy atom. The summed E-state index contributed by atoms with van der Waals surface area (Å²) < 4.78 is 2.32. The summed E-state index contributed by atoms with van der Waals surface area (Å²) in [6.45, 7) is 8.21. The molecular formula is C18H17N. The molecule has 19 heavy (non-hydrogen) atoms. The molecule has 0 radical (unpaired) electrons. The fourth-order valence-electron chi connectivity index (χ4n) is 2.63. The molecule has 1 aromatic heterocycles. The van der Waals surface area contributed by atoms with Crippen LogP contribution < -0.4 is 0 Å². The molecule has 94 valence electrons. The number of aromatic nitrogens is 1. The SMILES string of the molecule is C=Cc1ccc2c(c1)c(C)c(C)n2-c1ccccc1. The molecule has 0 amide bonds. The van der Waals surface area contributed by atoms with E-state index in [1.165, 1.54) is 33.4 Å². The molecule has 0 aliphatic carbocycles. The maximum Gasteiger partial charge on any atom is 0.0534 e. The van der Waals surface area contributed by atoms with Crippen molar-refractivity contribution in [2.75, 3.05) is 0 Å². The first-order valence-electron chi connectivity index (χ1n) is 6.52. The first kappa shape index (κ1) is 11.8. The fraction of sp³-hybridized carbons (Fsp3) is 0.111. The summed E-state index contributed by atoms with van der Waals surface area (Å²) in [7, 11) is 0. The summed E-state index contributed by atoms with van der Waals surface area (Å²) in [6, 6.07) is 17.0. The number of hydrogen-bond acceptors (Lipinski definition) is 0. The molecule has 0 N–H and O–H groups in total. The van der Waals surface area contributed by atoms with Gasteiger partial charge in [-0.3, -0.25) is 0 Å². The molecule has 3 aromatic rings. The van der Waals surface area contributed by atoms with Crippen LogP contribution >= 0.6 is 0 Å². The van der Waals surface area contributed by atoms with E-state index in [4.69, 9.17) is 0 Å². The lowest BCUT2D eigenvalue weighted by Crippen LogP contribution is -1.95. The zero-order chi connectivity index (χ0) is 13.4. The Hall–Kier alpha value is -2.28. The molecule has 0 unspecified atom stereocenters. The minimum atomic E-state index is 1.17. The third-order valence-corrected chi connectivity index (χ3v) is 3.79. The highest BCUT2D eigenvalue weighted by Gasteiger charge is 2.11. The lowest BCUT2D eigenvalue weighted by atomic mass is 10.1. The van der Waals surface area contributed by atoms with Crippen LogP contribution in [-0.2, 0) is 0 Å². The highest BCUT2D eigenvalue weighted by Crippen LogP contribution is 2.29. The lowest BCUT2D eigenvalue weighted by Gasteiger charge is -2.08. The smallest absolute Gasteiger partial charge is 0.0534 e. The standard InChI is InChI=1S/C18H17N/c1-4-15-10-11-18-17(12-15)13(2)14(3)19(18)16-8-6-5-7-9-16/h4-12H,1H2,2-3H3. The van der Waals surface area contributed by atoms with E-state index < -0.39 is 0 Å². The second-order valence-corrected chi connectivity index (χ2v) is 4.86. The van der Waals surface area contributed by atoms with Crippen LogP contribution in [0.25, 0.3) is 22.7 Å². The van der Waals surface area contributed by atoms with Gasteiger partial charge in [-0.1, -0.05) is 36.9 Å². The Balaban J connectivity index is 2.37. The second-order valence-electron chi connectivity index (χ2n) is 4.86. The van der Waals surface area contributed by atoms with Crippen molar-refractivity contribution in [2.45, 2.75) is 13.8 Å². The molecule has 3 rings (SSSR count). The molecule has 2 aromatic carbocycles. The van der Waals surface area contributed by atoms with Crippen molar-refractivity contribution in [3.05, 3.63) is 71.9 Å². The van der Waals surface area contributed by atoms with E-state index in [-0.39, 0.29) is 0 Å². The van der Waals surface area contributed by atoms with Crippen LogP contribution in [0.5, 0.6) is 0 Å². The van der Waals surface area contributed by atoms with Gasteiger partial charge in [0.05, 0.1) is 5.52 Å². The van der Waals surface area contributed by atoms with Gasteiger partial charge in [-0.25, -0.2) is 0 Å². The van der Waals surface area contributed by atoms with Gasteiger partial charge in [0.1, 0.15) is 0 Å². The van der Waals surface area contributed by atoms with Crippen LogP contribution in [0, 0.1) is 13.8 Å². The molecular weight excluding hydrogens is 230 g/mol. The largest absolute Gasteiger partial charge is 0.314 e. The number of nitrogens with zero attached hydrogens (tertiary/aromatic N) is 1. The van der Waals surface area contributed by atoms with Gasteiger partial charge < -0.3 is 4.57 Å². The number of hydrogen-bond donors (Lipinski definition) is 0. The van der Waals surface area contributed by atoms with E-state index in [1.807, 2.05) is 12.1 Å². The third-order valence-electron chi connectivity index (χ3n) is 3.79. The van der Waals surface area contributed by atoms with Crippen LogP contribution in [0.4, 0.5) is 0 Å². The number of rotatable bonds is 2. The van der Waals surface area contributed by atoms with Gasteiger partial charge in [0.2, 0.25) is 0 Å². The van der Waals surface area contributed by atoms with Crippen LogP contribution in [-0.4, -0.2) is 4.57 Å². The van der Waals surface area contributed by atoms with Crippen molar-refractivity contribution in [3.63, 3.8) is 0 Å². The van der Waals surface area contributed by atoms with Crippen molar-refractivity contribution >= 4 is 17.0 Å².